The minimum atomic E-state index is 0.623. The molecule has 2 nitrogen and oxygen atoms in total. The highest BCUT2D eigenvalue weighted by atomic mass is 32.2. The van der Waals surface area contributed by atoms with Crippen molar-refractivity contribution >= 4 is 11.8 Å². The van der Waals surface area contributed by atoms with E-state index in [9.17, 15) is 0 Å². The molecule has 118 valence electrons. The lowest BCUT2D eigenvalue weighted by Crippen LogP contribution is -2.35. The predicted octanol–water partition coefficient (Wildman–Crippen LogP) is 4.27. The first-order valence-corrected chi connectivity index (χ1v) is 9.27. The first-order chi connectivity index (χ1) is 10.3. The molecule has 1 aliphatic heterocycles. The number of nitrogens with one attached hydrogen (secondary N) is 1. The van der Waals surface area contributed by atoms with Crippen LogP contribution in [0.3, 0.4) is 0 Å². The molecule has 0 aromatic heterocycles. The fourth-order valence-corrected chi connectivity index (χ4v) is 3.96. The van der Waals surface area contributed by atoms with Gasteiger partial charge < -0.3 is 10.1 Å². The molecule has 1 N–H and O–H groups in total. The number of hydrogen-bond donors (Lipinski definition) is 1. The maximum Gasteiger partial charge on any atom is 0.0468 e. The monoisotopic (exact) mass is 307 g/mol. The second-order valence-electron chi connectivity index (χ2n) is 6.02. The Morgan fingerprint density at radius 3 is 2.76 bits per heavy atom. The number of hydrogen-bond acceptors (Lipinski definition) is 3. The molecule has 1 unspecified atom stereocenters. The largest absolute Gasteiger partial charge is 0.381 e. The van der Waals surface area contributed by atoms with Crippen molar-refractivity contribution in [2.24, 2.45) is 5.92 Å². The molecule has 1 fully saturated rings. The van der Waals surface area contributed by atoms with E-state index in [-0.39, 0.29) is 0 Å². The predicted molar refractivity (Wildman–Crippen MR) is 92.1 cm³/mol. The van der Waals surface area contributed by atoms with Gasteiger partial charge in [0.05, 0.1) is 0 Å². The van der Waals surface area contributed by atoms with Gasteiger partial charge in [-0.15, -0.1) is 11.8 Å². The summed E-state index contributed by atoms with van der Waals surface area (Å²) >= 11 is 2.00. The van der Waals surface area contributed by atoms with E-state index in [0.29, 0.717) is 6.04 Å². The van der Waals surface area contributed by atoms with Crippen molar-refractivity contribution in [1.29, 1.82) is 0 Å². The van der Waals surface area contributed by atoms with Gasteiger partial charge in [-0.05, 0) is 56.7 Å². The third-order valence-electron chi connectivity index (χ3n) is 4.18. The van der Waals surface area contributed by atoms with Crippen LogP contribution in [0.15, 0.2) is 29.2 Å². The number of ether oxygens (including phenoxy) is 1. The van der Waals surface area contributed by atoms with Gasteiger partial charge in [0.1, 0.15) is 0 Å². The highest BCUT2D eigenvalue weighted by Crippen LogP contribution is 2.26. The summed E-state index contributed by atoms with van der Waals surface area (Å²) in [6.45, 7) is 7.48. The van der Waals surface area contributed by atoms with Crippen molar-refractivity contribution in [1.82, 2.24) is 5.32 Å². The van der Waals surface area contributed by atoms with Crippen LogP contribution in [0.4, 0.5) is 0 Å². The molecule has 21 heavy (non-hydrogen) atoms. The van der Waals surface area contributed by atoms with E-state index in [0.717, 1.165) is 25.7 Å². The van der Waals surface area contributed by atoms with Gasteiger partial charge in [0, 0.05) is 29.9 Å². The minimum Gasteiger partial charge on any atom is -0.381 e. The molecule has 1 aliphatic rings. The number of aryl methyl sites for hydroxylation is 1. The van der Waals surface area contributed by atoms with Gasteiger partial charge in [-0.25, -0.2) is 0 Å². The molecule has 1 saturated heterocycles. The molecule has 3 heteroatoms. The molecule has 1 heterocycles. The Hall–Kier alpha value is -0.510. The van der Waals surface area contributed by atoms with E-state index in [1.165, 1.54) is 41.9 Å². The van der Waals surface area contributed by atoms with Crippen molar-refractivity contribution in [3.05, 3.63) is 29.8 Å². The Kier molecular flexibility index (Phi) is 7.62. The van der Waals surface area contributed by atoms with E-state index in [1.807, 2.05) is 11.8 Å². The molecule has 0 bridgehead atoms. The number of rotatable bonds is 8. The summed E-state index contributed by atoms with van der Waals surface area (Å²) in [4.78, 5) is 1.42. The Morgan fingerprint density at radius 2 is 2.05 bits per heavy atom. The van der Waals surface area contributed by atoms with Crippen LogP contribution in [-0.4, -0.2) is 31.6 Å². The second kappa shape index (κ2) is 9.50. The number of thioether (sulfide) groups is 1. The van der Waals surface area contributed by atoms with Crippen LogP contribution in [-0.2, 0) is 4.74 Å². The normalized spacial score (nSPS) is 17.8. The number of benzene rings is 1. The Bertz CT molecular complexity index is 404. The smallest absolute Gasteiger partial charge is 0.0468 e. The lowest BCUT2D eigenvalue weighted by atomic mass is 9.93. The third-order valence-corrected chi connectivity index (χ3v) is 5.51. The molecule has 0 aliphatic carbocycles. The van der Waals surface area contributed by atoms with E-state index in [1.54, 1.807) is 0 Å². The maximum atomic E-state index is 5.48. The molecule has 0 radical (unpaired) electrons. The van der Waals surface area contributed by atoms with Crippen LogP contribution in [0.1, 0.15) is 38.2 Å². The lowest BCUT2D eigenvalue weighted by Gasteiger charge is -2.27. The average Bonchev–Trinajstić information content (AvgIpc) is 2.52. The lowest BCUT2D eigenvalue weighted by molar-refractivity contribution is 0.0613. The highest BCUT2D eigenvalue weighted by Gasteiger charge is 2.19. The van der Waals surface area contributed by atoms with Crippen LogP contribution in [0.25, 0.3) is 0 Å². The van der Waals surface area contributed by atoms with Crippen molar-refractivity contribution < 1.29 is 4.74 Å². The summed E-state index contributed by atoms with van der Waals surface area (Å²) in [5.41, 5.74) is 1.39. The molecule has 0 saturated carbocycles. The molecular formula is C18H29NOS. The first kappa shape index (κ1) is 16.9. The molecular weight excluding hydrogens is 278 g/mol. The van der Waals surface area contributed by atoms with Gasteiger partial charge in [-0.3, -0.25) is 0 Å². The Morgan fingerprint density at radius 1 is 1.29 bits per heavy atom. The zero-order valence-corrected chi connectivity index (χ0v) is 14.3. The standard InChI is InChI=1S/C18H29NOS/c1-3-10-19-17(13-16-8-11-20-12-9-16)14-21-18-7-5-4-6-15(18)2/h4-7,16-17,19H,3,8-14H2,1-2H3. The fourth-order valence-electron chi connectivity index (χ4n) is 2.85. The van der Waals surface area contributed by atoms with E-state index < -0.39 is 0 Å². The van der Waals surface area contributed by atoms with Gasteiger partial charge >= 0.3 is 0 Å². The van der Waals surface area contributed by atoms with E-state index >= 15 is 0 Å². The van der Waals surface area contributed by atoms with Gasteiger partial charge in [0.15, 0.2) is 0 Å². The Labute approximate surface area is 134 Å². The Balaban J connectivity index is 1.84. The second-order valence-corrected chi connectivity index (χ2v) is 7.08. The van der Waals surface area contributed by atoms with Crippen LogP contribution in [0, 0.1) is 12.8 Å². The quantitative estimate of drug-likeness (QED) is 0.725. The van der Waals surface area contributed by atoms with Gasteiger partial charge in [-0.1, -0.05) is 25.1 Å². The summed E-state index contributed by atoms with van der Waals surface area (Å²) in [6.07, 6.45) is 4.97. The zero-order chi connectivity index (χ0) is 14.9. The van der Waals surface area contributed by atoms with Crippen LogP contribution < -0.4 is 5.32 Å². The highest BCUT2D eigenvalue weighted by molar-refractivity contribution is 7.99. The van der Waals surface area contributed by atoms with Crippen LogP contribution in [0.2, 0.25) is 0 Å². The SMILES string of the molecule is CCCNC(CSc1ccccc1C)CC1CCOCC1. The summed E-state index contributed by atoms with van der Waals surface area (Å²) in [6, 6.07) is 9.33. The van der Waals surface area contributed by atoms with Crippen molar-refractivity contribution in [2.75, 3.05) is 25.5 Å². The van der Waals surface area contributed by atoms with E-state index in [2.05, 4.69) is 43.4 Å². The molecule has 2 rings (SSSR count). The summed E-state index contributed by atoms with van der Waals surface area (Å²) in [5.74, 6) is 2.01. The molecule has 1 atom stereocenters. The van der Waals surface area contributed by atoms with Gasteiger partial charge in [0.25, 0.3) is 0 Å². The van der Waals surface area contributed by atoms with E-state index in [4.69, 9.17) is 4.74 Å². The van der Waals surface area contributed by atoms with Crippen molar-refractivity contribution in [3.63, 3.8) is 0 Å². The van der Waals surface area contributed by atoms with Crippen molar-refractivity contribution in [3.8, 4) is 0 Å². The fraction of sp³-hybridized carbons (Fsp3) is 0.667. The molecule has 1 aromatic carbocycles. The maximum absolute atomic E-state index is 5.48. The van der Waals surface area contributed by atoms with Crippen LogP contribution >= 0.6 is 11.8 Å². The topological polar surface area (TPSA) is 21.3 Å². The summed E-state index contributed by atoms with van der Waals surface area (Å²) in [5, 5.41) is 3.74. The van der Waals surface area contributed by atoms with Gasteiger partial charge in [-0.2, -0.15) is 0 Å². The van der Waals surface area contributed by atoms with Gasteiger partial charge in [0.2, 0.25) is 0 Å². The molecule has 1 aromatic rings. The van der Waals surface area contributed by atoms with Crippen LogP contribution in [0.5, 0.6) is 0 Å². The summed E-state index contributed by atoms with van der Waals surface area (Å²) in [7, 11) is 0. The third kappa shape index (κ3) is 6.01. The zero-order valence-electron chi connectivity index (χ0n) is 13.4. The van der Waals surface area contributed by atoms with Crippen molar-refractivity contribution in [2.45, 2.75) is 50.5 Å². The molecule has 0 spiro atoms. The molecule has 0 amide bonds. The average molecular weight is 308 g/mol. The minimum absolute atomic E-state index is 0.623. The first-order valence-electron chi connectivity index (χ1n) is 8.29. The summed E-state index contributed by atoms with van der Waals surface area (Å²) < 4.78 is 5.48.